The van der Waals surface area contributed by atoms with E-state index in [2.05, 4.69) is 9.97 Å². The van der Waals surface area contributed by atoms with Crippen LogP contribution in [0.1, 0.15) is 29.6 Å². The number of likely N-dealkylation sites (tertiary alicyclic amines) is 1. The zero-order valence-electron chi connectivity index (χ0n) is 9.88. The van der Waals surface area contributed by atoms with Crippen LogP contribution in [0, 0.1) is 5.92 Å². The van der Waals surface area contributed by atoms with Gasteiger partial charge >= 0.3 is 0 Å². The Balaban J connectivity index is 2.00. The highest BCUT2D eigenvalue weighted by Gasteiger charge is 2.24. The molecule has 0 radical (unpaired) electrons. The second kappa shape index (κ2) is 5.72. The van der Waals surface area contributed by atoms with Gasteiger partial charge in [0.2, 0.25) is 0 Å². The largest absolute Gasteiger partial charge is 0.338 e. The summed E-state index contributed by atoms with van der Waals surface area (Å²) in [6.07, 6.45) is 7.80. The molecule has 0 aliphatic carbocycles. The van der Waals surface area contributed by atoms with E-state index in [-0.39, 0.29) is 5.91 Å². The Kier molecular flexibility index (Phi) is 4.03. The molecule has 1 saturated heterocycles. The second-order valence-corrected chi connectivity index (χ2v) is 4.46. The average molecular weight is 234 g/mol. The topological polar surface area (TPSA) is 72.1 Å². The van der Waals surface area contributed by atoms with E-state index in [1.54, 1.807) is 12.4 Å². The molecule has 1 aromatic heterocycles. The lowest BCUT2D eigenvalue weighted by Crippen LogP contribution is -2.40. The average Bonchev–Trinajstić information content (AvgIpc) is 2.40. The summed E-state index contributed by atoms with van der Waals surface area (Å²) in [5, 5.41) is 0. The van der Waals surface area contributed by atoms with E-state index >= 15 is 0 Å². The molecule has 1 aliphatic heterocycles. The van der Waals surface area contributed by atoms with Gasteiger partial charge in [0.05, 0.1) is 5.56 Å². The highest BCUT2D eigenvalue weighted by Crippen LogP contribution is 2.20. The minimum atomic E-state index is 0.0346. The third kappa shape index (κ3) is 3.00. The van der Waals surface area contributed by atoms with Gasteiger partial charge in [0.1, 0.15) is 6.33 Å². The minimum Gasteiger partial charge on any atom is -0.338 e. The van der Waals surface area contributed by atoms with Crippen molar-refractivity contribution in [2.45, 2.75) is 19.3 Å². The summed E-state index contributed by atoms with van der Waals surface area (Å²) in [6.45, 7) is 2.33. The third-order valence-corrected chi connectivity index (χ3v) is 3.19. The number of hydrogen-bond donors (Lipinski definition) is 1. The molecule has 1 unspecified atom stereocenters. The van der Waals surface area contributed by atoms with Crippen LogP contribution in [0.5, 0.6) is 0 Å². The van der Waals surface area contributed by atoms with Crippen molar-refractivity contribution in [3.63, 3.8) is 0 Å². The van der Waals surface area contributed by atoms with Crippen molar-refractivity contribution in [3.05, 3.63) is 24.3 Å². The first kappa shape index (κ1) is 12.0. The lowest BCUT2D eigenvalue weighted by atomic mass is 9.94. The summed E-state index contributed by atoms with van der Waals surface area (Å²) >= 11 is 0. The highest BCUT2D eigenvalue weighted by molar-refractivity contribution is 5.93. The number of aromatic nitrogens is 2. The molecule has 0 aromatic carbocycles. The molecule has 2 N–H and O–H groups in total. The van der Waals surface area contributed by atoms with Crippen LogP contribution in [0.15, 0.2) is 18.7 Å². The summed E-state index contributed by atoms with van der Waals surface area (Å²) < 4.78 is 0. The molecule has 1 aromatic rings. The van der Waals surface area contributed by atoms with E-state index < -0.39 is 0 Å². The van der Waals surface area contributed by atoms with Gasteiger partial charge in [-0.05, 0) is 31.7 Å². The molecule has 92 valence electrons. The molecular weight excluding hydrogens is 216 g/mol. The molecular formula is C12H18N4O. The number of hydrogen-bond acceptors (Lipinski definition) is 4. The Bertz CT molecular complexity index is 366. The highest BCUT2D eigenvalue weighted by atomic mass is 16.2. The number of nitrogens with zero attached hydrogens (tertiary/aromatic N) is 3. The van der Waals surface area contributed by atoms with Crippen molar-refractivity contribution >= 4 is 5.91 Å². The van der Waals surface area contributed by atoms with Crippen LogP contribution < -0.4 is 5.73 Å². The molecule has 1 amide bonds. The van der Waals surface area contributed by atoms with Gasteiger partial charge in [-0.25, -0.2) is 9.97 Å². The fraction of sp³-hybridized carbons (Fsp3) is 0.583. The molecule has 17 heavy (non-hydrogen) atoms. The van der Waals surface area contributed by atoms with Crippen LogP contribution in [0.25, 0.3) is 0 Å². The van der Waals surface area contributed by atoms with Gasteiger partial charge in [-0.1, -0.05) is 0 Å². The summed E-state index contributed by atoms with van der Waals surface area (Å²) in [5.74, 6) is 0.578. The SMILES string of the molecule is NCCC1CCCN(C(=O)c2cncnc2)C1. The van der Waals surface area contributed by atoms with Crippen molar-refractivity contribution in [1.82, 2.24) is 14.9 Å². The van der Waals surface area contributed by atoms with Gasteiger partial charge in [-0.15, -0.1) is 0 Å². The fourth-order valence-electron chi connectivity index (χ4n) is 2.31. The molecule has 1 aliphatic rings. The van der Waals surface area contributed by atoms with Gasteiger partial charge < -0.3 is 10.6 Å². The van der Waals surface area contributed by atoms with Crippen molar-refractivity contribution in [3.8, 4) is 0 Å². The predicted octanol–water partition coefficient (Wildman–Crippen LogP) is 0.678. The van der Waals surface area contributed by atoms with E-state index in [0.29, 0.717) is 18.0 Å². The molecule has 2 heterocycles. The summed E-state index contributed by atoms with van der Waals surface area (Å²) in [4.78, 5) is 21.8. The van der Waals surface area contributed by atoms with Gasteiger partial charge in [0.15, 0.2) is 0 Å². The van der Waals surface area contributed by atoms with Gasteiger partial charge in [-0.2, -0.15) is 0 Å². The smallest absolute Gasteiger partial charge is 0.256 e. The van der Waals surface area contributed by atoms with Crippen molar-refractivity contribution in [2.75, 3.05) is 19.6 Å². The lowest BCUT2D eigenvalue weighted by Gasteiger charge is -2.32. The number of amides is 1. The van der Waals surface area contributed by atoms with Gasteiger partial charge in [0.25, 0.3) is 5.91 Å². The first-order valence-electron chi connectivity index (χ1n) is 6.05. The maximum atomic E-state index is 12.2. The van der Waals surface area contributed by atoms with E-state index in [9.17, 15) is 4.79 Å². The zero-order chi connectivity index (χ0) is 12.1. The number of piperidine rings is 1. The predicted molar refractivity (Wildman–Crippen MR) is 64.3 cm³/mol. The Morgan fingerprint density at radius 3 is 2.94 bits per heavy atom. The number of rotatable bonds is 3. The lowest BCUT2D eigenvalue weighted by molar-refractivity contribution is 0.0668. The molecule has 0 spiro atoms. The first-order chi connectivity index (χ1) is 8.31. The maximum Gasteiger partial charge on any atom is 0.256 e. The van der Waals surface area contributed by atoms with Crippen LogP contribution in [0.3, 0.4) is 0 Å². The second-order valence-electron chi connectivity index (χ2n) is 4.46. The van der Waals surface area contributed by atoms with Crippen LogP contribution in [-0.4, -0.2) is 40.4 Å². The van der Waals surface area contributed by atoms with E-state index in [4.69, 9.17) is 5.73 Å². The molecule has 5 heteroatoms. The van der Waals surface area contributed by atoms with Crippen molar-refractivity contribution < 1.29 is 4.79 Å². The standard InChI is InChI=1S/C12H18N4O/c13-4-3-10-2-1-5-16(8-10)12(17)11-6-14-9-15-7-11/h6-7,9-10H,1-5,8,13H2. The third-order valence-electron chi connectivity index (χ3n) is 3.19. The van der Waals surface area contributed by atoms with E-state index in [0.717, 1.165) is 25.9 Å². The number of nitrogens with two attached hydrogens (primary N) is 1. The normalized spacial score (nSPS) is 20.3. The Morgan fingerprint density at radius 2 is 2.24 bits per heavy atom. The first-order valence-corrected chi connectivity index (χ1v) is 6.05. The quantitative estimate of drug-likeness (QED) is 0.834. The zero-order valence-corrected chi connectivity index (χ0v) is 9.88. The number of carbonyl (C=O) groups is 1. The van der Waals surface area contributed by atoms with Crippen LogP contribution in [0.2, 0.25) is 0 Å². The monoisotopic (exact) mass is 234 g/mol. The van der Waals surface area contributed by atoms with Crippen molar-refractivity contribution in [1.29, 1.82) is 0 Å². The molecule has 1 atom stereocenters. The molecule has 2 rings (SSSR count). The molecule has 0 bridgehead atoms. The Morgan fingerprint density at radius 1 is 1.47 bits per heavy atom. The summed E-state index contributed by atoms with van der Waals surface area (Å²) in [6, 6.07) is 0. The fourth-order valence-corrected chi connectivity index (χ4v) is 2.31. The van der Waals surface area contributed by atoms with E-state index in [1.807, 2.05) is 4.90 Å². The Hall–Kier alpha value is -1.49. The molecule has 5 nitrogen and oxygen atoms in total. The van der Waals surface area contributed by atoms with Gasteiger partial charge in [-0.3, -0.25) is 4.79 Å². The Labute approximate surface area is 101 Å². The molecule has 1 fully saturated rings. The summed E-state index contributed by atoms with van der Waals surface area (Å²) in [7, 11) is 0. The van der Waals surface area contributed by atoms with Crippen LogP contribution in [0.4, 0.5) is 0 Å². The van der Waals surface area contributed by atoms with E-state index in [1.165, 1.54) is 12.7 Å². The maximum absolute atomic E-state index is 12.2. The summed E-state index contributed by atoms with van der Waals surface area (Å²) in [5.41, 5.74) is 6.14. The van der Waals surface area contributed by atoms with Gasteiger partial charge in [0, 0.05) is 25.5 Å². The van der Waals surface area contributed by atoms with Crippen LogP contribution in [-0.2, 0) is 0 Å². The molecule has 0 saturated carbocycles. The van der Waals surface area contributed by atoms with Crippen LogP contribution >= 0.6 is 0 Å². The number of carbonyl (C=O) groups excluding carboxylic acids is 1. The minimum absolute atomic E-state index is 0.0346. The van der Waals surface area contributed by atoms with Crippen molar-refractivity contribution in [2.24, 2.45) is 11.7 Å².